The predicted octanol–water partition coefficient (Wildman–Crippen LogP) is 0.275. The van der Waals surface area contributed by atoms with Crippen LogP contribution in [0.25, 0.3) is 0 Å². The Balaban J connectivity index is 2.14. The molecule has 0 atom stereocenters. The number of amides is 1. The summed E-state index contributed by atoms with van der Waals surface area (Å²) in [5.41, 5.74) is 1.21. The van der Waals surface area contributed by atoms with Crippen molar-refractivity contribution in [2.24, 2.45) is 0 Å². The molecule has 0 aliphatic carbocycles. The normalized spacial score (nSPS) is 16.4. The monoisotopic (exact) mass is 230 g/mol. The highest BCUT2D eigenvalue weighted by molar-refractivity contribution is 5.78. The summed E-state index contributed by atoms with van der Waals surface area (Å²) in [6, 6.07) is 5.68. The van der Waals surface area contributed by atoms with E-state index in [1.807, 2.05) is 6.07 Å². The van der Waals surface area contributed by atoms with Gasteiger partial charge in [-0.3, -0.25) is 4.79 Å². The molecule has 5 nitrogen and oxygen atoms in total. The molecular formula is C12H14N4O. The maximum Gasteiger partial charge on any atom is 0.236 e. The molecule has 1 aromatic rings. The third-order valence-corrected chi connectivity index (χ3v) is 2.77. The first-order valence-electron chi connectivity index (χ1n) is 5.64. The van der Waals surface area contributed by atoms with E-state index in [0.29, 0.717) is 18.8 Å². The molecule has 0 aromatic carbocycles. The van der Waals surface area contributed by atoms with E-state index in [1.165, 1.54) is 0 Å². The average molecular weight is 230 g/mol. The number of hydrogen-bond acceptors (Lipinski definition) is 4. The molecule has 1 aromatic heterocycles. The molecule has 17 heavy (non-hydrogen) atoms. The van der Waals surface area contributed by atoms with E-state index in [2.05, 4.69) is 16.4 Å². The van der Waals surface area contributed by atoms with E-state index in [4.69, 9.17) is 5.26 Å². The molecule has 1 fully saturated rings. The highest BCUT2D eigenvalue weighted by Crippen LogP contribution is 2.09. The van der Waals surface area contributed by atoms with Crippen LogP contribution in [0.3, 0.4) is 0 Å². The SMILES string of the molecule is N#Cc1ncccc1CN1CCCNCC1=O. The summed E-state index contributed by atoms with van der Waals surface area (Å²) in [4.78, 5) is 17.6. The molecule has 1 aliphatic heterocycles. The zero-order valence-corrected chi connectivity index (χ0v) is 9.52. The lowest BCUT2D eigenvalue weighted by Gasteiger charge is -2.20. The summed E-state index contributed by atoms with van der Waals surface area (Å²) < 4.78 is 0. The minimum Gasteiger partial charge on any atom is -0.337 e. The molecule has 2 heterocycles. The van der Waals surface area contributed by atoms with Gasteiger partial charge in [-0.15, -0.1) is 0 Å². The van der Waals surface area contributed by atoms with Gasteiger partial charge in [-0.05, 0) is 19.0 Å². The molecule has 0 unspecified atom stereocenters. The van der Waals surface area contributed by atoms with Crippen molar-refractivity contribution in [2.75, 3.05) is 19.6 Å². The number of nitrogens with one attached hydrogen (secondary N) is 1. The highest BCUT2D eigenvalue weighted by Gasteiger charge is 2.17. The Kier molecular flexibility index (Phi) is 3.68. The Morgan fingerprint density at radius 1 is 1.59 bits per heavy atom. The molecule has 5 heteroatoms. The van der Waals surface area contributed by atoms with Crippen LogP contribution in [0.15, 0.2) is 18.3 Å². The lowest BCUT2D eigenvalue weighted by atomic mass is 10.2. The second-order valence-corrected chi connectivity index (χ2v) is 3.97. The van der Waals surface area contributed by atoms with Crippen molar-refractivity contribution in [2.45, 2.75) is 13.0 Å². The van der Waals surface area contributed by atoms with Crippen LogP contribution < -0.4 is 5.32 Å². The molecule has 88 valence electrons. The van der Waals surface area contributed by atoms with Gasteiger partial charge in [0.05, 0.1) is 6.54 Å². The van der Waals surface area contributed by atoms with Crippen molar-refractivity contribution in [3.05, 3.63) is 29.6 Å². The number of nitrogens with zero attached hydrogens (tertiary/aromatic N) is 3. The van der Waals surface area contributed by atoms with Crippen LogP contribution in [0.2, 0.25) is 0 Å². The summed E-state index contributed by atoms with van der Waals surface area (Å²) in [6.07, 6.45) is 2.53. The number of carbonyl (C=O) groups excluding carboxylic acids is 1. The van der Waals surface area contributed by atoms with Crippen LogP contribution in [-0.4, -0.2) is 35.4 Å². The summed E-state index contributed by atoms with van der Waals surface area (Å²) in [7, 11) is 0. The van der Waals surface area contributed by atoms with Gasteiger partial charge in [0.2, 0.25) is 5.91 Å². The van der Waals surface area contributed by atoms with Gasteiger partial charge < -0.3 is 10.2 Å². The fourth-order valence-electron chi connectivity index (χ4n) is 1.87. The summed E-state index contributed by atoms with van der Waals surface area (Å²) in [6.45, 7) is 2.44. The second kappa shape index (κ2) is 5.41. The highest BCUT2D eigenvalue weighted by atomic mass is 16.2. The van der Waals surface area contributed by atoms with Gasteiger partial charge in [0, 0.05) is 24.8 Å². The zero-order chi connectivity index (χ0) is 12.1. The number of rotatable bonds is 2. The Morgan fingerprint density at radius 3 is 3.29 bits per heavy atom. The van der Waals surface area contributed by atoms with E-state index < -0.39 is 0 Å². The minimum atomic E-state index is 0.0789. The number of hydrogen-bond donors (Lipinski definition) is 1. The summed E-state index contributed by atoms with van der Waals surface area (Å²) in [5.74, 6) is 0.0789. The van der Waals surface area contributed by atoms with Crippen LogP contribution in [-0.2, 0) is 11.3 Å². The van der Waals surface area contributed by atoms with Crippen LogP contribution >= 0.6 is 0 Å². The standard InChI is InChI=1S/C12H14N4O/c13-7-11-10(3-1-5-15-11)9-16-6-2-4-14-8-12(16)17/h1,3,5,14H,2,4,6,8-9H2. The first-order chi connectivity index (χ1) is 8.31. The number of carbonyl (C=O) groups is 1. The smallest absolute Gasteiger partial charge is 0.236 e. The fraction of sp³-hybridized carbons (Fsp3) is 0.417. The maximum absolute atomic E-state index is 11.8. The summed E-state index contributed by atoms with van der Waals surface area (Å²) in [5, 5.41) is 12.0. The van der Waals surface area contributed by atoms with E-state index in [0.717, 1.165) is 25.1 Å². The van der Waals surface area contributed by atoms with Crippen LogP contribution in [0.4, 0.5) is 0 Å². The van der Waals surface area contributed by atoms with Crippen molar-refractivity contribution in [1.82, 2.24) is 15.2 Å². The van der Waals surface area contributed by atoms with Crippen LogP contribution in [0.5, 0.6) is 0 Å². The molecule has 1 aliphatic rings. The van der Waals surface area contributed by atoms with Crippen molar-refractivity contribution in [3.63, 3.8) is 0 Å². The topological polar surface area (TPSA) is 69.0 Å². The van der Waals surface area contributed by atoms with Crippen molar-refractivity contribution >= 4 is 5.91 Å². The lowest BCUT2D eigenvalue weighted by molar-refractivity contribution is -0.130. The Hall–Kier alpha value is -1.93. The molecule has 1 amide bonds. The van der Waals surface area contributed by atoms with Gasteiger partial charge in [0.15, 0.2) is 0 Å². The van der Waals surface area contributed by atoms with Crippen molar-refractivity contribution < 1.29 is 4.79 Å². The average Bonchev–Trinajstić information content (AvgIpc) is 2.56. The Labute approximate surface area is 100 Å². The van der Waals surface area contributed by atoms with Gasteiger partial charge in [0.25, 0.3) is 0 Å². The largest absolute Gasteiger partial charge is 0.337 e. The number of nitriles is 1. The third kappa shape index (κ3) is 2.80. The predicted molar refractivity (Wildman–Crippen MR) is 61.9 cm³/mol. The minimum absolute atomic E-state index is 0.0789. The first kappa shape index (κ1) is 11.6. The van der Waals surface area contributed by atoms with Gasteiger partial charge in [-0.2, -0.15) is 5.26 Å². The van der Waals surface area contributed by atoms with Crippen LogP contribution in [0, 0.1) is 11.3 Å². The van der Waals surface area contributed by atoms with Crippen LogP contribution in [0.1, 0.15) is 17.7 Å². The van der Waals surface area contributed by atoms with E-state index in [9.17, 15) is 4.79 Å². The summed E-state index contributed by atoms with van der Waals surface area (Å²) >= 11 is 0. The van der Waals surface area contributed by atoms with E-state index >= 15 is 0 Å². The molecular weight excluding hydrogens is 216 g/mol. The maximum atomic E-state index is 11.8. The molecule has 0 spiro atoms. The van der Waals surface area contributed by atoms with Gasteiger partial charge in [0.1, 0.15) is 11.8 Å². The fourth-order valence-corrected chi connectivity index (χ4v) is 1.87. The second-order valence-electron chi connectivity index (χ2n) is 3.97. The van der Waals surface area contributed by atoms with E-state index in [-0.39, 0.29) is 5.91 Å². The Bertz CT molecular complexity index is 452. The number of aromatic nitrogens is 1. The molecule has 0 bridgehead atoms. The molecule has 2 rings (SSSR count). The van der Waals surface area contributed by atoms with Crippen molar-refractivity contribution in [3.8, 4) is 6.07 Å². The number of pyridine rings is 1. The third-order valence-electron chi connectivity index (χ3n) is 2.77. The van der Waals surface area contributed by atoms with Gasteiger partial charge in [-0.1, -0.05) is 6.07 Å². The molecule has 1 saturated heterocycles. The zero-order valence-electron chi connectivity index (χ0n) is 9.52. The van der Waals surface area contributed by atoms with Gasteiger partial charge in [-0.25, -0.2) is 4.98 Å². The lowest BCUT2D eigenvalue weighted by Crippen LogP contribution is -2.34. The van der Waals surface area contributed by atoms with Gasteiger partial charge >= 0.3 is 0 Å². The molecule has 0 radical (unpaired) electrons. The molecule has 0 saturated carbocycles. The quantitative estimate of drug-likeness (QED) is 0.792. The first-order valence-corrected chi connectivity index (χ1v) is 5.64. The van der Waals surface area contributed by atoms with E-state index in [1.54, 1.807) is 17.2 Å². The Morgan fingerprint density at radius 2 is 2.47 bits per heavy atom. The van der Waals surface area contributed by atoms with Crippen molar-refractivity contribution in [1.29, 1.82) is 5.26 Å². The molecule has 1 N–H and O–H groups in total.